The van der Waals surface area contributed by atoms with Gasteiger partial charge < -0.3 is 10.2 Å². The quantitative estimate of drug-likeness (QED) is 0.328. The fraction of sp³-hybridized carbons (Fsp3) is 0.625. The summed E-state index contributed by atoms with van der Waals surface area (Å²) in [5.74, 6) is 0.979. The van der Waals surface area contributed by atoms with E-state index in [2.05, 4.69) is 35.8 Å². The zero-order valence-corrected chi connectivity index (χ0v) is 14.4. The van der Waals surface area contributed by atoms with Crippen molar-refractivity contribution in [3.63, 3.8) is 0 Å². The number of allylic oxidation sites excluding steroid dienone is 1. The van der Waals surface area contributed by atoms with Gasteiger partial charge in [0.15, 0.2) is 5.96 Å². The molecule has 0 fully saturated rings. The normalized spacial score (nSPS) is 11.5. The number of rotatable bonds is 9. The SMILES string of the molecule is C=CCCCCCN(C)C(=NCc1cnc(C)s1)NCC. The summed E-state index contributed by atoms with van der Waals surface area (Å²) in [6.07, 6.45) is 8.68. The van der Waals surface area contributed by atoms with Gasteiger partial charge in [-0.15, -0.1) is 17.9 Å². The molecule has 0 aliphatic carbocycles. The number of aliphatic imine (C=N–C) groups is 1. The van der Waals surface area contributed by atoms with Crippen molar-refractivity contribution < 1.29 is 0 Å². The molecule has 0 aliphatic rings. The predicted molar refractivity (Wildman–Crippen MR) is 93.0 cm³/mol. The molecule has 118 valence electrons. The van der Waals surface area contributed by atoms with Crippen LogP contribution in [0, 0.1) is 6.92 Å². The Bertz CT molecular complexity index is 439. The van der Waals surface area contributed by atoms with Gasteiger partial charge in [-0.3, -0.25) is 0 Å². The summed E-state index contributed by atoms with van der Waals surface area (Å²) in [7, 11) is 2.10. The van der Waals surface area contributed by atoms with Crippen LogP contribution >= 0.6 is 11.3 Å². The highest BCUT2D eigenvalue weighted by molar-refractivity contribution is 7.11. The van der Waals surface area contributed by atoms with Gasteiger partial charge in [0.25, 0.3) is 0 Å². The average molecular weight is 308 g/mol. The van der Waals surface area contributed by atoms with Crippen LogP contribution in [0.3, 0.4) is 0 Å². The van der Waals surface area contributed by atoms with Crippen LogP contribution in [-0.4, -0.2) is 36.0 Å². The minimum atomic E-state index is 0.703. The molecule has 5 heteroatoms. The molecule has 4 nitrogen and oxygen atoms in total. The highest BCUT2D eigenvalue weighted by Gasteiger charge is 2.05. The van der Waals surface area contributed by atoms with E-state index in [0.717, 1.165) is 30.5 Å². The van der Waals surface area contributed by atoms with Gasteiger partial charge in [0, 0.05) is 31.2 Å². The first-order valence-electron chi connectivity index (χ1n) is 7.69. The van der Waals surface area contributed by atoms with Crippen LogP contribution in [0.15, 0.2) is 23.8 Å². The van der Waals surface area contributed by atoms with Gasteiger partial charge in [-0.25, -0.2) is 9.98 Å². The Morgan fingerprint density at radius 2 is 2.29 bits per heavy atom. The molecule has 0 aliphatic heterocycles. The van der Waals surface area contributed by atoms with E-state index in [1.807, 2.05) is 19.2 Å². The molecule has 0 radical (unpaired) electrons. The van der Waals surface area contributed by atoms with Gasteiger partial charge in [0.2, 0.25) is 0 Å². The first kappa shape index (κ1) is 17.7. The minimum Gasteiger partial charge on any atom is -0.357 e. The van der Waals surface area contributed by atoms with Crippen molar-refractivity contribution in [3.05, 3.63) is 28.7 Å². The lowest BCUT2D eigenvalue weighted by atomic mass is 10.2. The molecule has 1 rings (SSSR count). The Morgan fingerprint density at radius 1 is 1.48 bits per heavy atom. The van der Waals surface area contributed by atoms with Crippen LogP contribution in [-0.2, 0) is 6.54 Å². The van der Waals surface area contributed by atoms with Crippen molar-refractivity contribution in [1.82, 2.24) is 15.2 Å². The fourth-order valence-corrected chi connectivity index (χ4v) is 2.74. The molecule has 1 aromatic rings. The van der Waals surface area contributed by atoms with Crippen molar-refractivity contribution >= 4 is 17.3 Å². The first-order valence-corrected chi connectivity index (χ1v) is 8.50. The summed E-state index contributed by atoms with van der Waals surface area (Å²) in [6.45, 7) is 10.5. The molecule has 0 saturated heterocycles. The second kappa shape index (κ2) is 10.4. The summed E-state index contributed by atoms with van der Waals surface area (Å²) in [5.41, 5.74) is 0. The largest absolute Gasteiger partial charge is 0.357 e. The highest BCUT2D eigenvalue weighted by atomic mass is 32.1. The number of thiazole rings is 1. The minimum absolute atomic E-state index is 0.703. The van der Waals surface area contributed by atoms with Crippen molar-refractivity contribution in [1.29, 1.82) is 0 Å². The topological polar surface area (TPSA) is 40.5 Å². The van der Waals surface area contributed by atoms with E-state index in [1.54, 1.807) is 11.3 Å². The summed E-state index contributed by atoms with van der Waals surface area (Å²) < 4.78 is 0. The molecule has 0 amide bonds. The third-order valence-corrected chi connectivity index (χ3v) is 4.05. The van der Waals surface area contributed by atoms with E-state index >= 15 is 0 Å². The Hall–Kier alpha value is -1.36. The fourth-order valence-electron chi connectivity index (χ4n) is 2.02. The molecular formula is C16H28N4S. The van der Waals surface area contributed by atoms with Gasteiger partial charge in [0.1, 0.15) is 0 Å². The Balaban J connectivity index is 2.44. The molecular weight excluding hydrogens is 280 g/mol. The van der Waals surface area contributed by atoms with E-state index < -0.39 is 0 Å². The maximum absolute atomic E-state index is 4.70. The molecule has 0 unspecified atom stereocenters. The molecule has 0 aromatic carbocycles. The molecule has 0 saturated carbocycles. The van der Waals surface area contributed by atoms with E-state index in [1.165, 1.54) is 24.1 Å². The number of guanidine groups is 1. The summed E-state index contributed by atoms with van der Waals surface area (Å²) in [6, 6.07) is 0. The average Bonchev–Trinajstić information content (AvgIpc) is 2.88. The molecule has 0 spiro atoms. The van der Waals surface area contributed by atoms with Gasteiger partial charge in [-0.1, -0.05) is 12.5 Å². The van der Waals surface area contributed by atoms with Crippen molar-refractivity contribution in [2.75, 3.05) is 20.1 Å². The third-order valence-electron chi connectivity index (χ3n) is 3.15. The van der Waals surface area contributed by atoms with Crippen LogP contribution < -0.4 is 5.32 Å². The van der Waals surface area contributed by atoms with E-state index in [9.17, 15) is 0 Å². The monoisotopic (exact) mass is 308 g/mol. The second-order valence-corrected chi connectivity index (χ2v) is 6.39. The number of hydrogen-bond acceptors (Lipinski definition) is 3. The highest BCUT2D eigenvalue weighted by Crippen LogP contribution is 2.12. The number of nitrogens with one attached hydrogen (secondary N) is 1. The number of aromatic nitrogens is 1. The van der Waals surface area contributed by atoms with Gasteiger partial charge in [-0.05, 0) is 33.1 Å². The van der Waals surface area contributed by atoms with Crippen molar-refractivity contribution in [2.24, 2.45) is 4.99 Å². The Morgan fingerprint density at radius 3 is 2.90 bits per heavy atom. The van der Waals surface area contributed by atoms with Crippen LogP contribution in [0.25, 0.3) is 0 Å². The molecule has 1 aromatic heterocycles. The molecule has 1 heterocycles. The summed E-state index contributed by atoms with van der Waals surface area (Å²) >= 11 is 1.71. The summed E-state index contributed by atoms with van der Waals surface area (Å²) in [4.78, 5) is 12.4. The molecule has 1 N–H and O–H groups in total. The van der Waals surface area contributed by atoms with Gasteiger partial charge in [0.05, 0.1) is 11.6 Å². The summed E-state index contributed by atoms with van der Waals surface area (Å²) in [5, 5.41) is 4.45. The van der Waals surface area contributed by atoms with Crippen LogP contribution in [0.5, 0.6) is 0 Å². The van der Waals surface area contributed by atoms with Crippen molar-refractivity contribution in [2.45, 2.75) is 46.1 Å². The maximum atomic E-state index is 4.70. The van der Waals surface area contributed by atoms with Gasteiger partial charge >= 0.3 is 0 Å². The first-order chi connectivity index (χ1) is 10.2. The molecule has 0 atom stereocenters. The van der Waals surface area contributed by atoms with E-state index in [-0.39, 0.29) is 0 Å². The third kappa shape index (κ3) is 7.27. The van der Waals surface area contributed by atoms with E-state index in [0.29, 0.717) is 6.54 Å². The zero-order chi connectivity index (χ0) is 15.5. The van der Waals surface area contributed by atoms with Crippen molar-refractivity contribution in [3.8, 4) is 0 Å². The molecule has 0 bridgehead atoms. The lowest BCUT2D eigenvalue weighted by Gasteiger charge is -2.21. The molecule has 21 heavy (non-hydrogen) atoms. The lowest BCUT2D eigenvalue weighted by molar-refractivity contribution is 0.455. The predicted octanol–water partition coefficient (Wildman–Crippen LogP) is 3.60. The zero-order valence-electron chi connectivity index (χ0n) is 13.6. The number of aryl methyl sites for hydroxylation is 1. The number of hydrogen-bond donors (Lipinski definition) is 1. The van der Waals surface area contributed by atoms with Crippen LogP contribution in [0.4, 0.5) is 0 Å². The van der Waals surface area contributed by atoms with Gasteiger partial charge in [-0.2, -0.15) is 0 Å². The Labute approximate surface area is 133 Å². The number of nitrogens with zero attached hydrogens (tertiary/aromatic N) is 3. The van der Waals surface area contributed by atoms with Crippen LogP contribution in [0.2, 0.25) is 0 Å². The van der Waals surface area contributed by atoms with Crippen LogP contribution in [0.1, 0.15) is 42.5 Å². The maximum Gasteiger partial charge on any atom is 0.194 e. The lowest BCUT2D eigenvalue weighted by Crippen LogP contribution is -2.39. The standard InChI is InChI=1S/C16H28N4S/c1-5-7-8-9-10-11-20(4)16(17-6-2)19-13-15-12-18-14(3)21-15/h5,12H,1,6-11,13H2,2-4H3,(H,17,19). The van der Waals surface area contributed by atoms with E-state index in [4.69, 9.17) is 4.99 Å². The second-order valence-electron chi connectivity index (χ2n) is 5.08. The number of unbranched alkanes of at least 4 members (excludes halogenated alkanes) is 3. The smallest absolute Gasteiger partial charge is 0.194 e. The Kier molecular flexibility index (Phi) is 8.74.